The van der Waals surface area contributed by atoms with Crippen molar-refractivity contribution in [3.8, 4) is 11.8 Å². The Morgan fingerprint density at radius 3 is 2.00 bits per heavy atom. The first-order valence-corrected chi connectivity index (χ1v) is 14.5. The number of halogens is 5. The summed E-state index contributed by atoms with van der Waals surface area (Å²) in [5.74, 6) is -13.5. The van der Waals surface area contributed by atoms with E-state index in [2.05, 4.69) is 19.7 Å². The predicted octanol–water partition coefficient (Wildman–Crippen LogP) is 5.71. The van der Waals surface area contributed by atoms with Gasteiger partial charge in [0, 0.05) is 4.91 Å². The van der Waals surface area contributed by atoms with Crippen molar-refractivity contribution >= 4 is 42.6 Å². The van der Waals surface area contributed by atoms with Gasteiger partial charge in [0.2, 0.25) is 5.82 Å². The van der Waals surface area contributed by atoms with Crippen LogP contribution >= 0.6 is 11.8 Å². The molecular weight excluding hydrogens is 615 g/mol. The largest absolute Gasteiger partial charge is 0.379 e. The summed E-state index contributed by atoms with van der Waals surface area (Å²) < 4.78 is 127. The van der Waals surface area contributed by atoms with Gasteiger partial charge in [0.25, 0.3) is 0 Å². The van der Waals surface area contributed by atoms with Crippen molar-refractivity contribution in [3.05, 3.63) is 106 Å². The summed E-state index contributed by atoms with van der Waals surface area (Å²) >= 11 is 0.976. The molecule has 0 bridgehead atoms. The predicted molar refractivity (Wildman–Crippen MR) is 137 cm³/mol. The summed E-state index contributed by atoms with van der Waals surface area (Å²) in [6.45, 7) is 1.83. The van der Waals surface area contributed by atoms with E-state index in [9.17, 15) is 44.0 Å². The summed E-state index contributed by atoms with van der Waals surface area (Å²) in [6.07, 6.45) is 2.98. The fraction of sp³-hybridized carbons (Fsp3) is 0.0400. The third-order valence-electron chi connectivity index (χ3n) is 5.33. The number of allylic oxidation sites excluding steroid dienone is 2. The smallest absolute Gasteiger partial charge is 0.358 e. The van der Waals surface area contributed by atoms with Crippen LogP contribution in [0.3, 0.4) is 0 Å². The Bertz CT molecular complexity index is 1890. The number of nitrogens with zero attached hydrogens (tertiary/aromatic N) is 2. The molecule has 0 aliphatic carbocycles. The Morgan fingerprint density at radius 2 is 1.41 bits per heavy atom. The van der Waals surface area contributed by atoms with Gasteiger partial charge in [0.05, 0.1) is 5.57 Å². The zero-order valence-electron chi connectivity index (χ0n) is 20.2. The lowest BCUT2D eigenvalue weighted by Crippen LogP contribution is -2.17. The minimum absolute atomic E-state index is 0.0961. The average molecular weight is 629 g/mol. The van der Waals surface area contributed by atoms with Crippen molar-refractivity contribution in [2.75, 3.05) is 0 Å². The Hall–Kier alpha value is -4.20. The van der Waals surface area contributed by atoms with Crippen LogP contribution in [0.2, 0.25) is 0 Å². The molecule has 4 rings (SSSR count). The first-order valence-electron chi connectivity index (χ1n) is 10.9. The summed E-state index contributed by atoms with van der Waals surface area (Å²) in [6, 6.07) is 12.3. The van der Waals surface area contributed by atoms with Gasteiger partial charge in [-0.3, -0.25) is 4.28 Å². The molecule has 8 nitrogen and oxygen atoms in total. The van der Waals surface area contributed by atoms with Gasteiger partial charge in [-0.05, 0) is 54.5 Å². The molecule has 0 aromatic heterocycles. The van der Waals surface area contributed by atoms with Crippen molar-refractivity contribution in [1.29, 1.82) is 5.26 Å². The second-order valence-corrected chi connectivity index (χ2v) is 12.0. The van der Waals surface area contributed by atoms with Crippen LogP contribution in [-0.2, 0) is 24.5 Å². The van der Waals surface area contributed by atoms with Crippen molar-refractivity contribution in [1.82, 2.24) is 0 Å². The number of aryl methyl sites for hydroxylation is 1. The zero-order chi connectivity index (χ0) is 30.1. The molecule has 41 heavy (non-hydrogen) atoms. The van der Waals surface area contributed by atoms with Gasteiger partial charge in [-0.25, -0.2) is 22.0 Å². The van der Waals surface area contributed by atoms with E-state index in [0.717, 1.165) is 41.6 Å². The number of thioether (sulfide) groups is 1. The number of benzene rings is 3. The standard InChI is InChI=1S/C25H13F5N2O6S3/c1-13-4-2-3-5-16(13)17(12-31)18-10-11-19(39-18)32-38-40(33,34)15-8-6-14(7-9-15)37-41(35,36)25-23(29)21(27)20(26)22(28)24(25)30/h2-11H,1H3/b18-17+,32-19?. The SMILES string of the molecule is Cc1ccccc1/C(C#N)=C1\C=CC(=NOS(=O)(=O)c2ccc(OS(=O)(=O)c3c(F)c(F)c(F)c(F)c3F)cc2)S1. The molecule has 0 saturated carbocycles. The van der Waals surface area contributed by atoms with Crippen LogP contribution < -0.4 is 4.18 Å². The summed E-state index contributed by atoms with van der Waals surface area (Å²) in [7, 11) is -10.2. The molecule has 1 aliphatic heterocycles. The number of hydrogen-bond acceptors (Lipinski definition) is 9. The molecule has 0 fully saturated rings. The van der Waals surface area contributed by atoms with Gasteiger partial charge in [0.15, 0.2) is 28.2 Å². The Labute approximate surface area is 234 Å². The van der Waals surface area contributed by atoms with Crippen molar-refractivity contribution in [2.45, 2.75) is 16.7 Å². The van der Waals surface area contributed by atoms with Crippen LogP contribution in [0.25, 0.3) is 5.57 Å². The molecule has 0 saturated heterocycles. The van der Waals surface area contributed by atoms with Gasteiger partial charge in [0.1, 0.15) is 21.8 Å². The van der Waals surface area contributed by atoms with Crippen LogP contribution in [0.5, 0.6) is 5.75 Å². The molecule has 1 aliphatic rings. The molecule has 0 amide bonds. The van der Waals surface area contributed by atoms with Crippen LogP contribution in [0, 0.1) is 47.3 Å². The lowest BCUT2D eigenvalue weighted by Gasteiger charge is -2.10. The third kappa shape index (κ3) is 5.97. The molecular formula is C25H13F5N2O6S3. The van der Waals surface area contributed by atoms with Crippen molar-refractivity contribution in [2.24, 2.45) is 5.16 Å². The molecule has 212 valence electrons. The number of nitriles is 1. The van der Waals surface area contributed by atoms with Crippen LogP contribution in [0.4, 0.5) is 22.0 Å². The van der Waals surface area contributed by atoms with Crippen molar-refractivity contribution in [3.63, 3.8) is 0 Å². The maximum absolute atomic E-state index is 13.9. The highest BCUT2D eigenvalue weighted by Crippen LogP contribution is 2.35. The third-order valence-corrected chi connectivity index (χ3v) is 8.70. The highest BCUT2D eigenvalue weighted by Gasteiger charge is 2.35. The molecule has 16 heteroatoms. The molecule has 3 aromatic rings. The maximum Gasteiger partial charge on any atom is 0.358 e. The first kappa shape index (κ1) is 29.8. The molecule has 1 heterocycles. The maximum atomic E-state index is 13.9. The molecule has 3 aromatic carbocycles. The Kier molecular flexibility index (Phi) is 8.24. The molecule has 0 unspecified atom stereocenters. The number of oxime groups is 1. The minimum Gasteiger partial charge on any atom is -0.379 e. The Morgan fingerprint density at radius 1 is 0.829 bits per heavy atom. The van der Waals surface area contributed by atoms with Gasteiger partial charge < -0.3 is 4.18 Å². The normalized spacial score (nSPS) is 15.6. The molecule has 0 N–H and O–H groups in total. The fourth-order valence-electron chi connectivity index (χ4n) is 3.38. The van der Waals surface area contributed by atoms with E-state index < -0.39 is 64.9 Å². The molecule has 0 radical (unpaired) electrons. The van der Waals surface area contributed by atoms with Crippen LogP contribution in [0.15, 0.2) is 80.5 Å². The fourth-order valence-corrected chi connectivity index (χ4v) is 6.05. The van der Waals surface area contributed by atoms with Gasteiger partial charge in [-0.1, -0.05) is 41.2 Å². The average Bonchev–Trinajstić information content (AvgIpc) is 3.40. The monoisotopic (exact) mass is 628 g/mol. The Balaban J connectivity index is 1.51. The number of hydrogen-bond donors (Lipinski definition) is 0. The van der Waals surface area contributed by atoms with E-state index in [4.69, 9.17) is 0 Å². The van der Waals surface area contributed by atoms with E-state index >= 15 is 0 Å². The van der Waals surface area contributed by atoms with Crippen LogP contribution in [-0.4, -0.2) is 21.9 Å². The first-order chi connectivity index (χ1) is 19.3. The topological polar surface area (TPSA) is 123 Å². The van der Waals surface area contributed by atoms with Crippen LogP contribution in [0.1, 0.15) is 11.1 Å². The number of rotatable bonds is 7. The van der Waals surface area contributed by atoms with Gasteiger partial charge in [-0.15, -0.1) is 0 Å². The molecule has 0 atom stereocenters. The van der Waals surface area contributed by atoms with Crippen molar-refractivity contribution < 1.29 is 47.3 Å². The lowest BCUT2D eigenvalue weighted by atomic mass is 10.0. The highest BCUT2D eigenvalue weighted by atomic mass is 32.2. The minimum atomic E-state index is -5.58. The highest BCUT2D eigenvalue weighted by molar-refractivity contribution is 8.18. The van der Waals surface area contributed by atoms with E-state index in [1.165, 1.54) is 6.08 Å². The molecule has 0 spiro atoms. The van der Waals surface area contributed by atoms with E-state index in [-0.39, 0.29) is 5.04 Å². The second-order valence-electron chi connectivity index (χ2n) is 7.97. The zero-order valence-corrected chi connectivity index (χ0v) is 22.7. The van der Waals surface area contributed by atoms with Gasteiger partial charge >= 0.3 is 20.2 Å². The summed E-state index contributed by atoms with van der Waals surface area (Å²) in [5.41, 5.74) is 1.87. The summed E-state index contributed by atoms with van der Waals surface area (Å²) in [5, 5.41) is 13.3. The summed E-state index contributed by atoms with van der Waals surface area (Å²) in [4.78, 5) is -2.27. The second kappa shape index (κ2) is 11.4. The van der Waals surface area contributed by atoms with Gasteiger partial charge in [-0.2, -0.15) is 22.1 Å². The quantitative estimate of drug-likeness (QED) is 0.0814. The van der Waals surface area contributed by atoms with E-state index in [0.29, 0.717) is 16.0 Å². The lowest BCUT2D eigenvalue weighted by molar-refractivity contribution is 0.340. The van der Waals surface area contributed by atoms with E-state index in [1.807, 2.05) is 19.1 Å². The van der Waals surface area contributed by atoms with E-state index in [1.54, 1.807) is 18.2 Å².